The van der Waals surface area contributed by atoms with E-state index >= 15 is 0 Å². The molecular formula is C15H12F6N2O2. The van der Waals surface area contributed by atoms with E-state index in [2.05, 4.69) is 0 Å². The summed E-state index contributed by atoms with van der Waals surface area (Å²) in [6, 6.07) is 2.66. The second kappa shape index (κ2) is 5.64. The smallest absolute Gasteiger partial charge is 0.433 e. The Hall–Kier alpha value is -2.78. The molecule has 2 aromatic carbocycles. The lowest BCUT2D eigenvalue weighted by molar-refractivity contribution is -0.314. The van der Waals surface area contributed by atoms with Gasteiger partial charge in [-0.25, -0.2) is 4.39 Å². The third-order valence-corrected chi connectivity index (χ3v) is 3.64. The Kier molecular flexibility index (Phi) is 4.19. The van der Waals surface area contributed by atoms with E-state index in [1.165, 1.54) is 0 Å². The van der Waals surface area contributed by atoms with Crippen molar-refractivity contribution in [2.75, 3.05) is 11.5 Å². The lowest BCUT2D eigenvalue weighted by atomic mass is 9.84. The number of aromatic hydroxyl groups is 2. The average molecular weight is 366 g/mol. The first kappa shape index (κ1) is 18.6. The highest BCUT2D eigenvalue weighted by molar-refractivity contribution is 5.56. The van der Waals surface area contributed by atoms with Crippen LogP contribution in [0.4, 0.5) is 37.7 Å². The van der Waals surface area contributed by atoms with Crippen LogP contribution in [-0.2, 0) is 11.6 Å². The molecule has 0 saturated carbocycles. The summed E-state index contributed by atoms with van der Waals surface area (Å²) in [5.41, 5.74) is 1.44. The minimum atomic E-state index is -6.06. The molecule has 0 aliphatic heterocycles. The van der Waals surface area contributed by atoms with Crippen LogP contribution in [0.5, 0.6) is 11.5 Å². The molecule has 10 heteroatoms. The van der Waals surface area contributed by atoms with E-state index < -0.39 is 46.1 Å². The Morgan fingerprint density at radius 2 is 1.08 bits per heavy atom. The molecule has 0 spiro atoms. The maximum atomic E-state index is 14.9. The van der Waals surface area contributed by atoms with Crippen LogP contribution in [0.3, 0.4) is 0 Å². The van der Waals surface area contributed by atoms with Gasteiger partial charge in [0.25, 0.3) is 5.67 Å². The van der Waals surface area contributed by atoms with Gasteiger partial charge in [0, 0.05) is 11.1 Å². The van der Waals surface area contributed by atoms with Crippen molar-refractivity contribution >= 4 is 11.4 Å². The van der Waals surface area contributed by atoms with Crippen molar-refractivity contribution in [2.45, 2.75) is 17.8 Å². The van der Waals surface area contributed by atoms with Gasteiger partial charge in [-0.05, 0) is 24.3 Å². The van der Waals surface area contributed by atoms with Gasteiger partial charge in [0.2, 0.25) is 0 Å². The molecule has 1 unspecified atom stereocenters. The fourth-order valence-corrected chi connectivity index (χ4v) is 2.22. The number of benzene rings is 2. The van der Waals surface area contributed by atoms with Gasteiger partial charge in [-0.1, -0.05) is 12.1 Å². The third kappa shape index (κ3) is 2.77. The number of alkyl halides is 6. The highest BCUT2D eigenvalue weighted by Gasteiger charge is 2.72. The summed E-state index contributed by atoms with van der Waals surface area (Å²) in [6.45, 7) is 0. The molecule has 0 radical (unpaired) electrons. The fraction of sp³-hybridized carbons (Fsp3) is 0.200. The number of nitrogen functional groups attached to an aromatic ring is 2. The first-order valence-corrected chi connectivity index (χ1v) is 6.63. The van der Waals surface area contributed by atoms with E-state index in [4.69, 9.17) is 11.5 Å². The quantitative estimate of drug-likeness (QED) is 0.378. The third-order valence-electron chi connectivity index (χ3n) is 3.64. The minimum Gasteiger partial charge on any atom is -0.506 e. The Balaban J connectivity index is 2.74. The molecule has 1 atom stereocenters. The van der Waals surface area contributed by atoms with Gasteiger partial charge in [-0.15, -0.1) is 0 Å². The highest BCUT2D eigenvalue weighted by atomic mass is 19.4. The van der Waals surface area contributed by atoms with E-state index in [0.717, 1.165) is 6.07 Å². The van der Waals surface area contributed by atoms with Crippen molar-refractivity contribution in [1.82, 2.24) is 0 Å². The van der Waals surface area contributed by atoms with Crippen LogP contribution in [-0.4, -0.2) is 16.4 Å². The molecular weight excluding hydrogens is 354 g/mol. The Bertz CT molecular complexity index is 809. The maximum Gasteiger partial charge on any atom is 0.433 e. The zero-order chi connectivity index (χ0) is 19.2. The summed E-state index contributed by atoms with van der Waals surface area (Å²) >= 11 is 0. The molecule has 0 fully saturated rings. The molecule has 2 rings (SSSR count). The summed E-state index contributed by atoms with van der Waals surface area (Å²) in [5, 5.41) is 18.7. The Morgan fingerprint density at radius 3 is 1.48 bits per heavy atom. The Morgan fingerprint density at radius 1 is 0.680 bits per heavy atom. The predicted octanol–water partition coefficient (Wildman–Crippen LogP) is 3.78. The van der Waals surface area contributed by atoms with Gasteiger partial charge in [0.05, 0.1) is 11.4 Å². The molecule has 0 bridgehead atoms. The summed E-state index contributed by atoms with van der Waals surface area (Å²) in [7, 11) is 0. The highest BCUT2D eigenvalue weighted by Crippen LogP contribution is 2.57. The van der Waals surface area contributed by atoms with Gasteiger partial charge in [0.1, 0.15) is 11.5 Å². The number of anilines is 2. The Labute approximate surface area is 137 Å². The largest absolute Gasteiger partial charge is 0.506 e. The SMILES string of the molecule is Nc1ccc(C(F)(F)C(F)(c2ccc(N)c(O)c2)C(F)(F)F)cc1O. The van der Waals surface area contributed by atoms with Crippen LogP contribution in [0.15, 0.2) is 36.4 Å². The maximum absolute atomic E-state index is 14.9. The van der Waals surface area contributed by atoms with Crippen molar-refractivity contribution in [1.29, 1.82) is 0 Å². The number of halogens is 6. The van der Waals surface area contributed by atoms with Crippen molar-refractivity contribution in [3.8, 4) is 11.5 Å². The molecule has 0 amide bonds. The van der Waals surface area contributed by atoms with Gasteiger partial charge < -0.3 is 21.7 Å². The van der Waals surface area contributed by atoms with Crippen molar-refractivity contribution in [2.24, 2.45) is 0 Å². The first-order valence-electron chi connectivity index (χ1n) is 6.63. The van der Waals surface area contributed by atoms with Crippen molar-refractivity contribution in [3.05, 3.63) is 47.5 Å². The van der Waals surface area contributed by atoms with Crippen molar-refractivity contribution < 1.29 is 36.6 Å². The molecule has 0 aromatic heterocycles. The minimum absolute atomic E-state index is 0.174. The molecule has 6 N–H and O–H groups in total. The number of rotatable bonds is 3. The molecule has 4 nitrogen and oxygen atoms in total. The van der Waals surface area contributed by atoms with E-state index in [1.807, 2.05) is 0 Å². The van der Waals surface area contributed by atoms with Crippen LogP contribution >= 0.6 is 0 Å². The molecule has 0 saturated heterocycles. The molecule has 0 aliphatic rings. The first-order chi connectivity index (χ1) is 11.3. The molecule has 25 heavy (non-hydrogen) atoms. The second-order valence-corrected chi connectivity index (χ2v) is 5.28. The zero-order valence-corrected chi connectivity index (χ0v) is 12.3. The second-order valence-electron chi connectivity index (χ2n) is 5.28. The lowest BCUT2D eigenvalue weighted by Crippen LogP contribution is -2.51. The standard InChI is InChI=1S/C15H12F6N2O2/c16-13(15(19,20)21,7-1-3-9(22)11(24)5-7)14(17,18)8-2-4-10(23)12(25)6-8/h1-6,24-25H,22-23H2. The van der Waals surface area contributed by atoms with E-state index in [1.54, 1.807) is 0 Å². The van der Waals surface area contributed by atoms with Gasteiger partial charge in [-0.3, -0.25) is 0 Å². The average Bonchev–Trinajstić information content (AvgIpc) is 2.50. The van der Waals surface area contributed by atoms with Crippen molar-refractivity contribution in [3.63, 3.8) is 0 Å². The predicted molar refractivity (Wildman–Crippen MR) is 77.8 cm³/mol. The normalized spacial score (nSPS) is 15.0. The van der Waals surface area contributed by atoms with Crippen LogP contribution < -0.4 is 11.5 Å². The van der Waals surface area contributed by atoms with Crippen LogP contribution in [0.25, 0.3) is 0 Å². The molecule has 2 aromatic rings. The summed E-state index contributed by atoms with van der Waals surface area (Å²) in [6.07, 6.45) is -6.06. The van der Waals surface area contributed by atoms with Gasteiger partial charge >= 0.3 is 12.1 Å². The fourth-order valence-electron chi connectivity index (χ4n) is 2.22. The van der Waals surface area contributed by atoms with Crippen LogP contribution in [0, 0.1) is 0 Å². The summed E-state index contributed by atoms with van der Waals surface area (Å²) in [4.78, 5) is 0. The van der Waals surface area contributed by atoms with E-state index in [9.17, 15) is 36.6 Å². The number of hydrogen-bond donors (Lipinski definition) is 4. The molecule has 0 aliphatic carbocycles. The zero-order valence-electron chi connectivity index (χ0n) is 12.3. The number of nitrogens with two attached hydrogens (primary N) is 2. The van der Waals surface area contributed by atoms with Gasteiger partial charge in [-0.2, -0.15) is 22.0 Å². The number of hydrogen-bond acceptors (Lipinski definition) is 4. The van der Waals surface area contributed by atoms with E-state index in [-0.39, 0.29) is 17.8 Å². The number of phenolic OH excluding ortho intramolecular Hbond substituents is 2. The lowest BCUT2D eigenvalue weighted by Gasteiger charge is -2.35. The number of phenols is 2. The topological polar surface area (TPSA) is 92.5 Å². The summed E-state index contributed by atoms with van der Waals surface area (Å²) < 4.78 is 84.0. The van der Waals surface area contributed by atoms with E-state index in [0.29, 0.717) is 18.2 Å². The van der Waals surface area contributed by atoms with Crippen LogP contribution in [0.2, 0.25) is 0 Å². The molecule has 136 valence electrons. The summed E-state index contributed by atoms with van der Waals surface area (Å²) in [5.74, 6) is -7.07. The van der Waals surface area contributed by atoms with Crippen LogP contribution in [0.1, 0.15) is 11.1 Å². The monoisotopic (exact) mass is 366 g/mol. The molecule has 0 heterocycles. The van der Waals surface area contributed by atoms with Gasteiger partial charge in [0.15, 0.2) is 0 Å².